The molecule has 0 aromatic carbocycles. The van der Waals surface area contributed by atoms with Gasteiger partial charge in [0.25, 0.3) is 0 Å². The van der Waals surface area contributed by atoms with Gasteiger partial charge in [0.15, 0.2) is 0 Å². The van der Waals surface area contributed by atoms with E-state index < -0.39 is 0 Å². The zero-order valence-corrected chi connectivity index (χ0v) is 21.6. The molecular formula is C28H57NO. The molecular weight excluding hydrogens is 366 g/mol. The predicted molar refractivity (Wildman–Crippen MR) is 134 cm³/mol. The second kappa shape index (κ2) is 18.5. The van der Waals surface area contributed by atoms with Crippen molar-refractivity contribution in [1.29, 1.82) is 0 Å². The molecule has 2 unspecified atom stereocenters. The lowest BCUT2D eigenvalue weighted by Gasteiger charge is -2.38. The van der Waals surface area contributed by atoms with Crippen molar-refractivity contribution in [3.8, 4) is 0 Å². The highest BCUT2D eigenvalue weighted by molar-refractivity contribution is 4.93. The highest BCUT2D eigenvalue weighted by Crippen LogP contribution is 2.37. The summed E-state index contributed by atoms with van der Waals surface area (Å²) in [5.41, 5.74) is 0. The van der Waals surface area contributed by atoms with Crippen LogP contribution in [0.5, 0.6) is 0 Å². The molecule has 2 heteroatoms. The first-order valence-electron chi connectivity index (χ1n) is 14.0. The van der Waals surface area contributed by atoms with Gasteiger partial charge in [0.1, 0.15) is 0 Å². The third-order valence-electron chi connectivity index (χ3n) is 7.52. The van der Waals surface area contributed by atoms with Crippen molar-refractivity contribution in [2.24, 2.45) is 11.8 Å². The number of rotatable bonds is 20. The largest absolute Gasteiger partial charge is 0.384 e. The Morgan fingerprint density at radius 3 is 1.80 bits per heavy atom. The van der Waals surface area contributed by atoms with Crippen molar-refractivity contribution in [2.75, 3.05) is 20.3 Å². The molecule has 1 fully saturated rings. The minimum atomic E-state index is 0.750. The molecule has 0 spiro atoms. The lowest BCUT2D eigenvalue weighted by molar-refractivity contribution is 0.102. The summed E-state index contributed by atoms with van der Waals surface area (Å²) in [7, 11) is 1.90. The molecule has 0 bridgehead atoms. The van der Waals surface area contributed by atoms with Gasteiger partial charge >= 0.3 is 0 Å². The van der Waals surface area contributed by atoms with E-state index in [1.807, 2.05) is 7.11 Å². The van der Waals surface area contributed by atoms with Crippen LogP contribution in [0.4, 0.5) is 0 Å². The fourth-order valence-corrected chi connectivity index (χ4v) is 5.79. The SMILES string of the molecule is CCCCCCC(CCCC)[C@@H]1CC(COC)CN1C(CCCCC)CCCCC. The summed E-state index contributed by atoms with van der Waals surface area (Å²) < 4.78 is 5.65. The van der Waals surface area contributed by atoms with Crippen molar-refractivity contribution in [3.63, 3.8) is 0 Å². The summed E-state index contributed by atoms with van der Waals surface area (Å²) in [6.45, 7) is 11.6. The predicted octanol–water partition coefficient (Wildman–Crippen LogP) is 8.63. The molecule has 0 aromatic rings. The van der Waals surface area contributed by atoms with Gasteiger partial charge in [-0.05, 0) is 43.9 Å². The monoisotopic (exact) mass is 423 g/mol. The molecule has 1 heterocycles. The molecule has 1 aliphatic heterocycles. The van der Waals surface area contributed by atoms with E-state index in [1.54, 1.807) is 0 Å². The second-order valence-electron chi connectivity index (χ2n) is 10.2. The molecule has 1 saturated heterocycles. The van der Waals surface area contributed by atoms with Crippen LogP contribution in [0.25, 0.3) is 0 Å². The average Bonchev–Trinajstić information content (AvgIpc) is 3.16. The quantitative estimate of drug-likeness (QED) is 0.182. The number of methoxy groups -OCH3 is 1. The highest BCUT2D eigenvalue weighted by atomic mass is 16.5. The van der Waals surface area contributed by atoms with Gasteiger partial charge in [-0.2, -0.15) is 0 Å². The Morgan fingerprint density at radius 2 is 1.23 bits per heavy atom. The van der Waals surface area contributed by atoms with Crippen LogP contribution in [0.15, 0.2) is 0 Å². The molecule has 0 amide bonds. The third kappa shape index (κ3) is 11.0. The number of hydrogen-bond donors (Lipinski definition) is 0. The van der Waals surface area contributed by atoms with E-state index in [0.717, 1.165) is 30.5 Å². The first-order chi connectivity index (χ1) is 14.7. The first kappa shape index (κ1) is 28.0. The average molecular weight is 424 g/mol. The third-order valence-corrected chi connectivity index (χ3v) is 7.52. The molecule has 30 heavy (non-hydrogen) atoms. The summed E-state index contributed by atoms with van der Waals surface area (Å²) in [6, 6.07) is 1.63. The van der Waals surface area contributed by atoms with Crippen LogP contribution in [0, 0.1) is 11.8 Å². The molecule has 1 aliphatic rings. The molecule has 1 rings (SSSR count). The lowest BCUT2D eigenvalue weighted by atomic mass is 9.85. The van der Waals surface area contributed by atoms with Crippen LogP contribution in [-0.4, -0.2) is 37.2 Å². The topological polar surface area (TPSA) is 12.5 Å². The zero-order chi connectivity index (χ0) is 22.0. The van der Waals surface area contributed by atoms with Gasteiger partial charge in [0.05, 0.1) is 6.61 Å². The number of unbranched alkanes of at least 4 members (excludes halogenated alkanes) is 8. The summed E-state index contributed by atoms with van der Waals surface area (Å²) >= 11 is 0. The van der Waals surface area contributed by atoms with Gasteiger partial charge in [0.2, 0.25) is 0 Å². The Morgan fingerprint density at radius 1 is 0.700 bits per heavy atom. The molecule has 180 valence electrons. The van der Waals surface area contributed by atoms with Crippen molar-refractivity contribution in [3.05, 3.63) is 0 Å². The van der Waals surface area contributed by atoms with Crippen LogP contribution in [-0.2, 0) is 4.74 Å². The Kier molecular flexibility index (Phi) is 17.2. The van der Waals surface area contributed by atoms with Crippen LogP contribution in [0.3, 0.4) is 0 Å². The van der Waals surface area contributed by atoms with Crippen LogP contribution in [0.1, 0.15) is 137 Å². The van der Waals surface area contributed by atoms with Gasteiger partial charge in [-0.25, -0.2) is 0 Å². The maximum absolute atomic E-state index is 5.65. The second-order valence-corrected chi connectivity index (χ2v) is 10.2. The standard InChI is InChI=1S/C28H57NO/c1-6-10-14-17-19-26(18-13-9-4)28-22-25(24-30-5)23-29(28)27(20-15-11-7-2)21-16-12-8-3/h25-28H,6-24H2,1-5H3/t25?,26?,28-/m0/s1. The first-order valence-corrected chi connectivity index (χ1v) is 14.0. The van der Waals surface area contributed by atoms with E-state index in [4.69, 9.17) is 4.74 Å². The van der Waals surface area contributed by atoms with Gasteiger partial charge < -0.3 is 4.74 Å². The lowest BCUT2D eigenvalue weighted by Crippen LogP contribution is -2.43. The minimum absolute atomic E-state index is 0.750. The maximum atomic E-state index is 5.65. The van der Waals surface area contributed by atoms with Gasteiger partial charge in [-0.15, -0.1) is 0 Å². The minimum Gasteiger partial charge on any atom is -0.384 e. The van der Waals surface area contributed by atoms with Crippen molar-refractivity contribution in [1.82, 2.24) is 4.90 Å². The summed E-state index contributed by atoms with van der Waals surface area (Å²) in [6.07, 6.45) is 23.8. The summed E-state index contributed by atoms with van der Waals surface area (Å²) in [4.78, 5) is 3.02. The van der Waals surface area contributed by atoms with Gasteiger partial charge in [-0.3, -0.25) is 4.90 Å². The van der Waals surface area contributed by atoms with Crippen molar-refractivity contribution < 1.29 is 4.74 Å². The Balaban J connectivity index is 2.90. The summed E-state index contributed by atoms with van der Waals surface area (Å²) in [5, 5.41) is 0. The Bertz CT molecular complexity index is 362. The molecule has 0 radical (unpaired) electrons. The fraction of sp³-hybridized carbons (Fsp3) is 1.00. The van der Waals surface area contributed by atoms with E-state index in [2.05, 4.69) is 32.6 Å². The number of nitrogens with zero attached hydrogens (tertiary/aromatic N) is 1. The number of likely N-dealkylation sites (tertiary alicyclic amines) is 1. The van der Waals surface area contributed by atoms with E-state index >= 15 is 0 Å². The molecule has 0 N–H and O–H groups in total. The fourth-order valence-electron chi connectivity index (χ4n) is 5.79. The smallest absolute Gasteiger partial charge is 0.0503 e. The van der Waals surface area contributed by atoms with Gasteiger partial charge in [-0.1, -0.05) is 105 Å². The van der Waals surface area contributed by atoms with Crippen molar-refractivity contribution in [2.45, 2.75) is 149 Å². The number of ether oxygens (including phenoxy) is 1. The van der Waals surface area contributed by atoms with E-state index in [9.17, 15) is 0 Å². The van der Waals surface area contributed by atoms with E-state index in [0.29, 0.717) is 0 Å². The van der Waals surface area contributed by atoms with Crippen molar-refractivity contribution >= 4 is 0 Å². The van der Waals surface area contributed by atoms with Crippen LogP contribution < -0.4 is 0 Å². The van der Waals surface area contributed by atoms with Crippen LogP contribution in [0.2, 0.25) is 0 Å². The molecule has 0 saturated carbocycles. The zero-order valence-electron chi connectivity index (χ0n) is 21.6. The molecule has 3 atom stereocenters. The Hall–Kier alpha value is -0.0800. The molecule has 0 aliphatic carbocycles. The number of hydrogen-bond acceptors (Lipinski definition) is 2. The molecule has 0 aromatic heterocycles. The Labute approximate surface area is 190 Å². The highest BCUT2D eigenvalue weighted by Gasteiger charge is 2.39. The normalized spacial score (nSPS) is 21.0. The maximum Gasteiger partial charge on any atom is 0.0503 e. The van der Waals surface area contributed by atoms with Crippen LogP contribution >= 0.6 is 0 Å². The van der Waals surface area contributed by atoms with E-state index in [-0.39, 0.29) is 0 Å². The summed E-state index contributed by atoms with van der Waals surface area (Å²) in [5.74, 6) is 1.66. The molecule has 2 nitrogen and oxygen atoms in total. The van der Waals surface area contributed by atoms with E-state index in [1.165, 1.54) is 116 Å². The van der Waals surface area contributed by atoms with Gasteiger partial charge in [0, 0.05) is 25.7 Å².